The fraction of sp³-hybridized carbons (Fsp3) is 1.00. The first kappa shape index (κ1) is 12.5. The summed E-state index contributed by atoms with van der Waals surface area (Å²) in [6.07, 6.45) is 2.60. The van der Waals surface area contributed by atoms with E-state index in [1.807, 2.05) is 0 Å². The molecule has 84 valence electrons. The maximum atomic E-state index is 3.76. The van der Waals surface area contributed by atoms with Gasteiger partial charge in [0, 0.05) is 17.4 Å². The van der Waals surface area contributed by atoms with Gasteiger partial charge < -0.3 is 4.90 Å². The molecule has 1 aliphatic rings. The van der Waals surface area contributed by atoms with Gasteiger partial charge in [-0.25, -0.2) is 0 Å². The summed E-state index contributed by atoms with van der Waals surface area (Å²) in [7, 11) is 0. The minimum Gasteiger partial charge on any atom is -0.300 e. The van der Waals surface area contributed by atoms with Gasteiger partial charge in [-0.05, 0) is 31.7 Å². The van der Waals surface area contributed by atoms with Crippen molar-refractivity contribution in [3.63, 3.8) is 0 Å². The summed E-state index contributed by atoms with van der Waals surface area (Å²) >= 11 is 3.76. The van der Waals surface area contributed by atoms with Crippen LogP contribution in [-0.2, 0) is 0 Å². The number of likely N-dealkylation sites (tertiary alicyclic amines) is 1. The van der Waals surface area contributed by atoms with E-state index in [0.29, 0.717) is 0 Å². The van der Waals surface area contributed by atoms with Gasteiger partial charge in [0.1, 0.15) is 0 Å². The molecule has 0 aromatic heterocycles. The molecule has 0 radical (unpaired) electrons. The molecule has 14 heavy (non-hydrogen) atoms. The number of nitrogens with zero attached hydrogens (tertiary/aromatic N) is 1. The monoisotopic (exact) mass is 261 g/mol. The summed E-state index contributed by atoms with van der Waals surface area (Å²) in [5.74, 6) is 1.63. The van der Waals surface area contributed by atoms with Crippen LogP contribution in [0, 0.1) is 11.8 Å². The third-order valence-electron chi connectivity index (χ3n) is 3.88. The molecular formula is C12H24BrN. The van der Waals surface area contributed by atoms with Crippen molar-refractivity contribution in [2.45, 2.75) is 51.4 Å². The maximum absolute atomic E-state index is 3.76. The van der Waals surface area contributed by atoms with E-state index in [1.165, 1.54) is 25.9 Å². The Hall–Kier alpha value is 0.440. The fourth-order valence-electron chi connectivity index (χ4n) is 2.22. The van der Waals surface area contributed by atoms with Crippen molar-refractivity contribution in [3.05, 3.63) is 0 Å². The van der Waals surface area contributed by atoms with Crippen molar-refractivity contribution in [1.29, 1.82) is 0 Å². The van der Waals surface area contributed by atoms with Gasteiger partial charge in [0.15, 0.2) is 0 Å². The number of piperidine rings is 1. The molecular weight excluding hydrogens is 238 g/mol. The normalized spacial score (nSPS) is 34.1. The second-order valence-corrected chi connectivity index (χ2v) is 6.08. The van der Waals surface area contributed by atoms with Crippen molar-refractivity contribution < 1.29 is 0 Å². The lowest BCUT2D eigenvalue weighted by molar-refractivity contribution is 0.110. The van der Waals surface area contributed by atoms with Crippen molar-refractivity contribution in [1.82, 2.24) is 4.90 Å². The number of hydrogen-bond donors (Lipinski definition) is 0. The largest absolute Gasteiger partial charge is 0.300 e. The molecule has 0 saturated carbocycles. The van der Waals surface area contributed by atoms with Crippen LogP contribution in [-0.4, -0.2) is 28.9 Å². The summed E-state index contributed by atoms with van der Waals surface area (Å²) in [5.41, 5.74) is 0. The Balaban J connectivity index is 2.45. The zero-order valence-electron chi connectivity index (χ0n) is 9.96. The van der Waals surface area contributed by atoms with Gasteiger partial charge >= 0.3 is 0 Å². The second kappa shape index (κ2) is 5.50. The van der Waals surface area contributed by atoms with Crippen molar-refractivity contribution in [2.75, 3.05) is 13.1 Å². The van der Waals surface area contributed by atoms with Gasteiger partial charge in [-0.15, -0.1) is 0 Å². The molecule has 0 bridgehead atoms. The Morgan fingerprint density at radius 1 is 1.43 bits per heavy atom. The fourth-order valence-corrected chi connectivity index (χ4v) is 2.59. The molecule has 4 atom stereocenters. The van der Waals surface area contributed by atoms with E-state index in [9.17, 15) is 0 Å². The highest BCUT2D eigenvalue weighted by molar-refractivity contribution is 9.09. The van der Waals surface area contributed by atoms with Crippen molar-refractivity contribution in [3.8, 4) is 0 Å². The SMILES string of the molecule is CCC(C)C(C)N1CCC(Br)C(C)C1. The first-order valence-corrected chi connectivity index (χ1v) is 6.86. The Bertz CT molecular complexity index is 172. The maximum Gasteiger partial charge on any atom is 0.0195 e. The molecule has 2 heteroatoms. The van der Waals surface area contributed by atoms with Crippen LogP contribution in [0.5, 0.6) is 0 Å². The van der Waals surface area contributed by atoms with E-state index in [-0.39, 0.29) is 0 Å². The molecule has 0 aromatic carbocycles. The highest BCUT2D eigenvalue weighted by Gasteiger charge is 2.28. The highest BCUT2D eigenvalue weighted by atomic mass is 79.9. The van der Waals surface area contributed by atoms with Crippen LogP contribution in [0.4, 0.5) is 0 Å². The van der Waals surface area contributed by atoms with Crippen LogP contribution in [0.2, 0.25) is 0 Å². The minimum absolute atomic E-state index is 0.739. The zero-order chi connectivity index (χ0) is 10.7. The molecule has 0 aliphatic carbocycles. The second-order valence-electron chi connectivity index (χ2n) is 4.90. The topological polar surface area (TPSA) is 3.24 Å². The molecule has 1 nitrogen and oxygen atoms in total. The number of alkyl halides is 1. The van der Waals surface area contributed by atoms with Gasteiger partial charge in [-0.3, -0.25) is 0 Å². The van der Waals surface area contributed by atoms with Gasteiger partial charge in [0.25, 0.3) is 0 Å². The van der Waals surface area contributed by atoms with E-state index >= 15 is 0 Å². The lowest BCUT2D eigenvalue weighted by Gasteiger charge is -2.40. The van der Waals surface area contributed by atoms with Gasteiger partial charge in [-0.1, -0.05) is 43.1 Å². The van der Waals surface area contributed by atoms with Crippen molar-refractivity contribution in [2.24, 2.45) is 11.8 Å². The Kier molecular flexibility index (Phi) is 4.92. The zero-order valence-corrected chi connectivity index (χ0v) is 11.5. The smallest absolute Gasteiger partial charge is 0.0195 e. The number of halogens is 1. The molecule has 1 saturated heterocycles. The third-order valence-corrected chi connectivity index (χ3v) is 5.24. The number of hydrogen-bond acceptors (Lipinski definition) is 1. The van der Waals surface area contributed by atoms with Gasteiger partial charge in [0.2, 0.25) is 0 Å². The van der Waals surface area contributed by atoms with E-state index in [2.05, 4.69) is 48.5 Å². The lowest BCUT2D eigenvalue weighted by Crippen LogP contribution is -2.46. The Morgan fingerprint density at radius 3 is 2.57 bits per heavy atom. The summed E-state index contributed by atoms with van der Waals surface area (Å²) in [4.78, 5) is 3.40. The van der Waals surface area contributed by atoms with E-state index in [1.54, 1.807) is 0 Å². The van der Waals surface area contributed by atoms with Crippen LogP contribution in [0.3, 0.4) is 0 Å². The lowest BCUT2D eigenvalue weighted by atomic mass is 9.93. The van der Waals surface area contributed by atoms with Crippen LogP contribution < -0.4 is 0 Å². The summed E-state index contributed by atoms with van der Waals surface area (Å²) in [5, 5.41) is 0. The molecule has 0 spiro atoms. The van der Waals surface area contributed by atoms with E-state index < -0.39 is 0 Å². The first-order chi connectivity index (χ1) is 6.56. The molecule has 1 fully saturated rings. The third kappa shape index (κ3) is 2.96. The average molecular weight is 262 g/mol. The van der Waals surface area contributed by atoms with Crippen LogP contribution in [0.25, 0.3) is 0 Å². The standard InChI is InChI=1S/C12H24BrN/c1-5-9(2)11(4)14-7-6-12(13)10(3)8-14/h9-12H,5-8H2,1-4H3. The molecule has 1 aliphatic heterocycles. The van der Waals surface area contributed by atoms with Crippen LogP contribution in [0.1, 0.15) is 40.5 Å². The van der Waals surface area contributed by atoms with Gasteiger partial charge in [-0.2, -0.15) is 0 Å². The van der Waals surface area contributed by atoms with E-state index in [4.69, 9.17) is 0 Å². The van der Waals surface area contributed by atoms with Gasteiger partial charge in [0.05, 0.1) is 0 Å². The summed E-state index contributed by atoms with van der Waals surface area (Å²) in [6.45, 7) is 11.9. The molecule has 1 rings (SSSR count). The molecule has 4 unspecified atom stereocenters. The number of rotatable bonds is 3. The highest BCUT2D eigenvalue weighted by Crippen LogP contribution is 2.26. The molecule has 0 aromatic rings. The predicted molar refractivity (Wildman–Crippen MR) is 67.0 cm³/mol. The van der Waals surface area contributed by atoms with Crippen LogP contribution >= 0.6 is 15.9 Å². The average Bonchev–Trinajstić information content (AvgIpc) is 2.20. The molecule has 1 heterocycles. The quantitative estimate of drug-likeness (QED) is 0.703. The predicted octanol–water partition coefficient (Wildman–Crippen LogP) is 3.53. The summed E-state index contributed by atoms with van der Waals surface area (Å²) < 4.78 is 0. The summed E-state index contributed by atoms with van der Waals surface area (Å²) in [6, 6.07) is 0.752. The first-order valence-electron chi connectivity index (χ1n) is 5.94. The van der Waals surface area contributed by atoms with Crippen molar-refractivity contribution >= 4 is 15.9 Å². The molecule has 0 N–H and O–H groups in total. The molecule has 0 amide bonds. The van der Waals surface area contributed by atoms with Crippen LogP contribution in [0.15, 0.2) is 0 Å². The Morgan fingerprint density at radius 2 is 2.07 bits per heavy atom. The minimum atomic E-state index is 0.739. The Labute approximate surface area is 97.4 Å². The van der Waals surface area contributed by atoms with E-state index in [0.717, 1.165) is 22.7 Å².